The molecule has 2 aliphatic rings. The molecule has 1 saturated heterocycles. The molecule has 0 saturated carbocycles. The molecule has 0 aliphatic carbocycles. The van der Waals surface area contributed by atoms with E-state index < -0.39 is 6.04 Å². The molecule has 0 bridgehead atoms. The molecule has 0 radical (unpaired) electrons. The number of carbonyl (C=O) groups excluding carboxylic acids is 2. The number of carbonyl (C=O) groups is 2. The maximum absolute atomic E-state index is 12.1. The number of rotatable bonds is 1. The first-order valence-electron chi connectivity index (χ1n) is 6.18. The molecule has 1 fully saturated rings. The number of amides is 2. The lowest BCUT2D eigenvalue weighted by Gasteiger charge is -2.40. The Morgan fingerprint density at radius 3 is 3.00 bits per heavy atom. The number of benzene rings is 1. The first-order valence-corrected chi connectivity index (χ1v) is 6.18. The molecule has 0 aromatic heterocycles. The standard InChI is InChI=1S/C13H15N3O2/c1-2-8-4-3-5-9-12(8)15-13(18)10-6-14-7-11(17)16(9)10/h3-5,10,14H,2,6-7H2,1H3,(H,15,18). The van der Waals surface area contributed by atoms with Gasteiger partial charge < -0.3 is 10.6 Å². The van der Waals surface area contributed by atoms with Gasteiger partial charge >= 0.3 is 0 Å². The minimum Gasteiger partial charge on any atom is -0.322 e. The van der Waals surface area contributed by atoms with E-state index in [0.717, 1.165) is 23.4 Å². The van der Waals surface area contributed by atoms with Crippen LogP contribution in [0.4, 0.5) is 11.4 Å². The molecule has 94 valence electrons. The van der Waals surface area contributed by atoms with Crippen LogP contribution in [0.15, 0.2) is 18.2 Å². The van der Waals surface area contributed by atoms with E-state index in [4.69, 9.17) is 0 Å². The third-order valence-corrected chi connectivity index (χ3v) is 3.51. The van der Waals surface area contributed by atoms with Crippen LogP contribution in [0.3, 0.4) is 0 Å². The van der Waals surface area contributed by atoms with Gasteiger partial charge in [0.2, 0.25) is 11.8 Å². The van der Waals surface area contributed by atoms with Crippen molar-refractivity contribution in [2.75, 3.05) is 23.3 Å². The molecule has 1 atom stereocenters. The van der Waals surface area contributed by atoms with Crippen LogP contribution in [0.25, 0.3) is 0 Å². The van der Waals surface area contributed by atoms with Gasteiger partial charge in [-0.05, 0) is 18.1 Å². The fourth-order valence-corrected chi connectivity index (χ4v) is 2.61. The Bertz CT molecular complexity index is 527. The van der Waals surface area contributed by atoms with E-state index in [1.807, 2.05) is 25.1 Å². The van der Waals surface area contributed by atoms with Crippen LogP contribution < -0.4 is 15.5 Å². The molecule has 1 aromatic carbocycles. The van der Waals surface area contributed by atoms with Crippen molar-refractivity contribution in [3.63, 3.8) is 0 Å². The number of anilines is 2. The largest absolute Gasteiger partial charge is 0.322 e. The SMILES string of the molecule is CCc1cccc2c1NC(=O)C1CNCC(=O)N21. The smallest absolute Gasteiger partial charge is 0.248 e. The molecule has 3 rings (SSSR count). The van der Waals surface area contributed by atoms with Gasteiger partial charge in [-0.15, -0.1) is 0 Å². The summed E-state index contributed by atoms with van der Waals surface area (Å²) in [4.78, 5) is 25.7. The summed E-state index contributed by atoms with van der Waals surface area (Å²) >= 11 is 0. The van der Waals surface area contributed by atoms with Crippen LogP contribution in [0.5, 0.6) is 0 Å². The summed E-state index contributed by atoms with van der Waals surface area (Å²) in [7, 11) is 0. The summed E-state index contributed by atoms with van der Waals surface area (Å²) in [6.07, 6.45) is 0.828. The van der Waals surface area contributed by atoms with Gasteiger partial charge in [-0.1, -0.05) is 19.1 Å². The highest BCUT2D eigenvalue weighted by atomic mass is 16.2. The van der Waals surface area contributed by atoms with Crippen LogP contribution in [0.2, 0.25) is 0 Å². The molecule has 0 spiro atoms. The molecule has 2 heterocycles. The Kier molecular flexibility index (Phi) is 2.56. The van der Waals surface area contributed by atoms with Gasteiger partial charge in [0.1, 0.15) is 6.04 Å². The Morgan fingerprint density at radius 1 is 1.39 bits per heavy atom. The molecule has 5 nitrogen and oxygen atoms in total. The molecule has 1 unspecified atom stereocenters. The van der Waals surface area contributed by atoms with Crippen molar-refractivity contribution in [1.82, 2.24) is 5.32 Å². The average molecular weight is 245 g/mol. The highest BCUT2D eigenvalue weighted by molar-refractivity contribution is 6.13. The fraction of sp³-hybridized carbons (Fsp3) is 0.385. The third kappa shape index (κ3) is 1.51. The summed E-state index contributed by atoms with van der Waals surface area (Å²) in [6, 6.07) is 5.38. The monoisotopic (exact) mass is 245 g/mol. The number of para-hydroxylation sites is 1. The molecule has 2 amide bonds. The summed E-state index contributed by atoms with van der Waals surface area (Å²) in [5.74, 6) is -0.153. The van der Waals surface area contributed by atoms with Crippen molar-refractivity contribution in [1.29, 1.82) is 0 Å². The van der Waals surface area contributed by atoms with Crippen LogP contribution in [-0.2, 0) is 16.0 Å². The summed E-state index contributed by atoms with van der Waals surface area (Å²) in [5, 5.41) is 5.90. The highest BCUT2D eigenvalue weighted by Crippen LogP contribution is 2.35. The second-order valence-corrected chi connectivity index (χ2v) is 4.56. The van der Waals surface area contributed by atoms with Crippen LogP contribution in [0.1, 0.15) is 12.5 Å². The van der Waals surface area contributed by atoms with Crippen LogP contribution in [0, 0.1) is 0 Å². The number of nitrogens with one attached hydrogen (secondary N) is 2. The van der Waals surface area contributed by atoms with E-state index in [1.54, 1.807) is 4.90 Å². The van der Waals surface area contributed by atoms with Crippen molar-refractivity contribution in [3.8, 4) is 0 Å². The van der Waals surface area contributed by atoms with Crippen LogP contribution in [-0.4, -0.2) is 30.9 Å². The van der Waals surface area contributed by atoms with Gasteiger partial charge in [-0.3, -0.25) is 14.5 Å². The maximum atomic E-state index is 12.1. The normalized spacial score (nSPS) is 22.3. The molecular weight excluding hydrogens is 230 g/mol. The topological polar surface area (TPSA) is 61.4 Å². The van der Waals surface area contributed by atoms with Gasteiger partial charge in [0.05, 0.1) is 17.9 Å². The Morgan fingerprint density at radius 2 is 2.22 bits per heavy atom. The van der Waals surface area contributed by atoms with E-state index >= 15 is 0 Å². The predicted molar refractivity (Wildman–Crippen MR) is 68.6 cm³/mol. The molecule has 18 heavy (non-hydrogen) atoms. The Labute approximate surface area is 105 Å². The highest BCUT2D eigenvalue weighted by Gasteiger charge is 2.39. The van der Waals surface area contributed by atoms with E-state index in [1.165, 1.54) is 0 Å². The van der Waals surface area contributed by atoms with Crippen molar-refractivity contribution in [3.05, 3.63) is 23.8 Å². The molecule has 2 aliphatic heterocycles. The van der Waals surface area contributed by atoms with Gasteiger partial charge in [0.25, 0.3) is 0 Å². The van der Waals surface area contributed by atoms with Crippen LogP contribution >= 0.6 is 0 Å². The first kappa shape index (κ1) is 11.2. The maximum Gasteiger partial charge on any atom is 0.248 e. The lowest BCUT2D eigenvalue weighted by Crippen LogP contribution is -2.61. The minimum atomic E-state index is -0.425. The number of hydrogen-bond acceptors (Lipinski definition) is 3. The molecule has 2 N–H and O–H groups in total. The lowest BCUT2D eigenvalue weighted by atomic mass is 10.0. The molecular formula is C13H15N3O2. The average Bonchev–Trinajstić information content (AvgIpc) is 2.38. The summed E-state index contributed by atoms with van der Waals surface area (Å²) in [6.45, 7) is 2.83. The first-order chi connectivity index (χ1) is 8.72. The van der Waals surface area contributed by atoms with Gasteiger partial charge in [0, 0.05) is 6.54 Å². The van der Waals surface area contributed by atoms with Gasteiger partial charge in [0.15, 0.2) is 0 Å². The zero-order valence-electron chi connectivity index (χ0n) is 10.2. The number of fused-ring (bicyclic) bond motifs is 3. The van der Waals surface area contributed by atoms with Crippen molar-refractivity contribution < 1.29 is 9.59 Å². The minimum absolute atomic E-state index is 0.0457. The summed E-state index contributed by atoms with van der Waals surface area (Å²) in [5.41, 5.74) is 2.67. The Hall–Kier alpha value is -1.88. The van der Waals surface area contributed by atoms with Crippen molar-refractivity contribution in [2.45, 2.75) is 19.4 Å². The quantitative estimate of drug-likeness (QED) is 0.757. The predicted octanol–water partition coefficient (Wildman–Crippen LogP) is 0.506. The number of nitrogens with zero attached hydrogens (tertiary/aromatic N) is 1. The van der Waals surface area contributed by atoms with Gasteiger partial charge in [-0.25, -0.2) is 0 Å². The van der Waals surface area contributed by atoms with Crippen molar-refractivity contribution in [2.24, 2.45) is 0 Å². The number of hydrogen-bond donors (Lipinski definition) is 2. The number of piperazine rings is 1. The van der Waals surface area contributed by atoms with Crippen molar-refractivity contribution >= 4 is 23.2 Å². The van der Waals surface area contributed by atoms with E-state index in [2.05, 4.69) is 10.6 Å². The second-order valence-electron chi connectivity index (χ2n) is 4.56. The Balaban J connectivity index is 2.14. The van der Waals surface area contributed by atoms with E-state index in [0.29, 0.717) is 13.1 Å². The number of aryl methyl sites for hydroxylation is 1. The third-order valence-electron chi connectivity index (χ3n) is 3.51. The second kappa shape index (κ2) is 4.10. The zero-order valence-corrected chi connectivity index (χ0v) is 10.2. The molecule has 5 heteroatoms. The van der Waals surface area contributed by atoms with Gasteiger partial charge in [-0.2, -0.15) is 0 Å². The lowest BCUT2D eigenvalue weighted by molar-refractivity contribution is -0.124. The van der Waals surface area contributed by atoms with E-state index in [-0.39, 0.29) is 11.8 Å². The zero-order chi connectivity index (χ0) is 12.7. The molecule has 1 aromatic rings. The summed E-state index contributed by atoms with van der Waals surface area (Å²) < 4.78 is 0. The fourth-order valence-electron chi connectivity index (χ4n) is 2.61. The van der Waals surface area contributed by atoms with E-state index in [9.17, 15) is 9.59 Å².